The van der Waals surface area contributed by atoms with Gasteiger partial charge in [0.2, 0.25) is 0 Å². The van der Waals surface area contributed by atoms with Crippen molar-refractivity contribution in [3.63, 3.8) is 0 Å². The summed E-state index contributed by atoms with van der Waals surface area (Å²) in [7, 11) is 1.55. The zero-order valence-electron chi connectivity index (χ0n) is 10.4. The van der Waals surface area contributed by atoms with E-state index < -0.39 is 6.10 Å². The Hall–Kier alpha value is -1.55. The van der Waals surface area contributed by atoms with Crippen molar-refractivity contribution in [1.82, 2.24) is 0 Å². The van der Waals surface area contributed by atoms with Crippen molar-refractivity contribution in [2.24, 2.45) is 0 Å². The molecule has 1 amide bonds. The Morgan fingerprint density at radius 2 is 2.29 bits per heavy atom. The van der Waals surface area contributed by atoms with Gasteiger partial charge in [-0.2, -0.15) is 0 Å². The van der Waals surface area contributed by atoms with Gasteiger partial charge in [-0.15, -0.1) is 0 Å². The lowest BCUT2D eigenvalue weighted by molar-refractivity contribution is -0.127. The number of nitrogen functional groups attached to an aromatic ring is 1. The Kier molecular flexibility index (Phi) is 3.07. The number of amides is 1. The number of anilines is 2. The molecule has 1 heterocycles. The van der Waals surface area contributed by atoms with E-state index in [-0.39, 0.29) is 11.9 Å². The molecular formula is C13H18N2O2. The Morgan fingerprint density at radius 1 is 1.59 bits per heavy atom. The molecule has 0 spiro atoms. The predicted molar refractivity (Wildman–Crippen MR) is 68.0 cm³/mol. The first-order chi connectivity index (χ1) is 8.04. The highest BCUT2D eigenvalue weighted by atomic mass is 16.5. The molecule has 1 aromatic rings. The molecule has 0 saturated heterocycles. The highest BCUT2D eigenvalue weighted by Gasteiger charge is 2.33. The van der Waals surface area contributed by atoms with Gasteiger partial charge in [-0.25, -0.2) is 0 Å². The number of ether oxygens (including phenoxy) is 1. The van der Waals surface area contributed by atoms with E-state index >= 15 is 0 Å². The van der Waals surface area contributed by atoms with Crippen LogP contribution in [0.2, 0.25) is 0 Å². The Morgan fingerprint density at radius 3 is 2.94 bits per heavy atom. The molecule has 0 bridgehead atoms. The van der Waals surface area contributed by atoms with Crippen molar-refractivity contribution >= 4 is 17.3 Å². The summed E-state index contributed by atoms with van der Waals surface area (Å²) in [5.41, 5.74) is 8.59. The van der Waals surface area contributed by atoms with E-state index in [0.717, 1.165) is 23.4 Å². The van der Waals surface area contributed by atoms with Gasteiger partial charge in [-0.1, -0.05) is 0 Å². The number of methoxy groups -OCH3 is 1. The fraction of sp³-hybridized carbons (Fsp3) is 0.462. The normalized spacial score (nSPS) is 20.2. The number of nitrogens with zero attached hydrogens (tertiary/aromatic N) is 1. The molecule has 0 radical (unpaired) electrons. The highest BCUT2D eigenvalue weighted by Crippen LogP contribution is 2.34. The van der Waals surface area contributed by atoms with Gasteiger partial charge in [0, 0.05) is 24.5 Å². The Bertz CT molecular complexity index is 445. The predicted octanol–water partition coefficient (Wildman–Crippen LogP) is 1.58. The fourth-order valence-corrected chi connectivity index (χ4v) is 2.28. The molecular weight excluding hydrogens is 216 g/mol. The van der Waals surface area contributed by atoms with Crippen molar-refractivity contribution in [3.8, 4) is 0 Å². The van der Waals surface area contributed by atoms with Gasteiger partial charge in [0.25, 0.3) is 5.91 Å². The summed E-state index contributed by atoms with van der Waals surface area (Å²) in [5.74, 6) is 0.00326. The van der Waals surface area contributed by atoms with E-state index in [1.807, 2.05) is 30.0 Å². The van der Waals surface area contributed by atoms with E-state index in [1.54, 1.807) is 14.0 Å². The maximum absolute atomic E-state index is 12.2. The summed E-state index contributed by atoms with van der Waals surface area (Å²) < 4.78 is 5.10. The average Bonchev–Trinajstić information content (AvgIpc) is 2.62. The SMILES string of the molecule is COC(C)C(=O)N1c2ccc(N)cc2CC1C. The summed E-state index contributed by atoms with van der Waals surface area (Å²) in [5, 5.41) is 0. The van der Waals surface area contributed by atoms with Crippen LogP contribution in [0, 0.1) is 0 Å². The molecule has 2 unspecified atom stereocenters. The maximum atomic E-state index is 12.2. The molecule has 0 aliphatic carbocycles. The fourth-order valence-electron chi connectivity index (χ4n) is 2.28. The smallest absolute Gasteiger partial charge is 0.256 e. The van der Waals surface area contributed by atoms with E-state index in [4.69, 9.17) is 10.5 Å². The van der Waals surface area contributed by atoms with Crippen LogP contribution in [-0.2, 0) is 16.0 Å². The van der Waals surface area contributed by atoms with Crippen LogP contribution in [0.15, 0.2) is 18.2 Å². The first-order valence-corrected chi connectivity index (χ1v) is 5.79. The number of hydrogen-bond donors (Lipinski definition) is 1. The summed E-state index contributed by atoms with van der Waals surface area (Å²) >= 11 is 0. The molecule has 1 aromatic carbocycles. The molecule has 1 aliphatic heterocycles. The molecule has 4 nitrogen and oxygen atoms in total. The zero-order valence-corrected chi connectivity index (χ0v) is 10.4. The molecule has 92 valence electrons. The van der Waals surface area contributed by atoms with Crippen molar-refractivity contribution in [2.45, 2.75) is 32.4 Å². The molecule has 1 aliphatic rings. The second-order valence-corrected chi connectivity index (χ2v) is 4.53. The number of carbonyl (C=O) groups excluding carboxylic acids is 1. The van der Waals surface area contributed by atoms with Crippen LogP contribution in [0.5, 0.6) is 0 Å². The molecule has 2 N–H and O–H groups in total. The highest BCUT2D eigenvalue weighted by molar-refractivity contribution is 5.99. The second-order valence-electron chi connectivity index (χ2n) is 4.53. The molecule has 0 saturated carbocycles. The van der Waals surface area contributed by atoms with Crippen LogP contribution in [0.25, 0.3) is 0 Å². The quantitative estimate of drug-likeness (QED) is 0.790. The van der Waals surface area contributed by atoms with Gasteiger partial charge in [0.05, 0.1) is 0 Å². The van der Waals surface area contributed by atoms with Gasteiger partial charge in [0.15, 0.2) is 0 Å². The number of benzene rings is 1. The van der Waals surface area contributed by atoms with E-state index in [2.05, 4.69) is 0 Å². The summed E-state index contributed by atoms with van der Waals surface area (Å²) in [4.78, 5) is 14.0. The minimum atomic E-state index is -0.416. The summed E-state index contributed by atoms with van der Waals surface area (Å²) in [6.45, 7) is 3.81. The summed E-state index contributed by atoms with van der Waals surface area (Å²) in [6, 6.07) is 5.84. The number of nitrogens with two attached hydrogens (primary N) is 1. The largest absolute Gasteiger partial charge is 0.399 e. The number of carbonyl (C=O) groups is 1. The zero-order chi connectivity index (χ0) is 12.6. The van der Waals surface area contributed by atoms with Crippen LogP contribution in [-0.4, -0.2) is 25.2 Å². The average molecular weight is 234 g/mol. The van der Waals surface area contributed by atoms with Gasteiger partial charge in [-0.05, 0) is 44.0 Å². The molecule has 2 atom stereocenters. The van der Waals surface area contributed by atoms with Crippen molar-refractivity contribution in [3.05, 3.63) is 23.8 Å². The number of fused-ring (bicyclic) bond motifs is 1. The first kappa shape index (κ1) is 11.9. The standard InChI is InChI=1S/C13H18N2O2/c1-8-6-10-7-11(14)4-5-12(10)15(8)13(16)9(2)17-3/h4-5,7-9H,6,14H2,1-3H3. The maximum Gasteiger partial charge on any atom is 0.256 e. The van der Waals surface area contributed by atoms with Crippen molar-refractivity contribution in [2.75, 3.05) is 17.7 Å². The molecule has 17 heavy (non-hydrogen) atoms. The lowest BCUT2D eigenvalue weighted by Crippen LogP contribution is -2.42. The molecule has 0 fully saturated rings. The lowest BCUT2D eigenvalue weighted by Gasteiger charge is -2.25. The topological polar surface area (TPSA) is 55.6 Å². The third kappa shape index (κ3) is 2.00. The first-order valence-electron chi connectivity index (χ1n) is 5.79. The third-order valence-corrected chi connectivity index (χ3v) is 3.26. The second kappa shape index (κ2) is 4.37. The van der Waals surface area contributed by atoms with Crippen LogP contribution < -0.4 is 10.6 Å². The van der Waals surface area contributed by atoms with Gasteiger partial charge < -0.3 is 15.4 Å². The lowest BCUT2D eigenvalue weighted by atomic mass is 10.1. The number of rotatable bonds is 2. The van der Waals surface area contributed by atoms with Crippen LogP contribution in [0.3, 0.4) is 0 Å². The van der Waals surface area contributed by atoms with Crippen molar-refractivity contribution < 1.29 is 9.53 Å². The monoisotopic (exact) mass is 234 g/mol. The van der Waals surface area contributed by atoms with Gasteiger partial charge >= 0.3 is 0 Å². The molecule has 0 aromatic heterocycles. The Labute approximate surface area is 101 Å². The van der Waals surface area contributed by atoms with E-state index in [0.29, 0.717) is 0 Å². The minimum Gasteiger partial charge on any atom is -0.399 e. The summed E-state index contributed by atoms with van der Waals surface area (Å²) in [6.07, 6.45) is 0.434. The van der Waals surface area contributed by atoms with Gasteiger partial charge in [-0.3, -0.25) is 4.79 Å². The van der Waals surface area contributed by atoms with E-state index in [9.17, 15) is 4.79 Å². The van der Waals surface area contributed by atoms with E-state index in [1.165, 1.54) is 0 Å². The van der Waals surface area contributed by atoms with Crippen LogP contribution in [0.1, 0.15) is 19.4 Å². The third-order valence-electron chi connectivity index (χ3n) is 3.26. The van der Waals surface area contributed by atoms with Gasteiger partial charge in [0.1, 0.15) is 6.10 Å². The molecule has 4 heteroatoms. The number of hydrogen-bond acceptors (Lipinski definition) is 3. The van der Waals surface area contributed by atoms with Crippen molar-refractivity contribution in [1.29, 1.82) is 0 Å². The van der Waals surface area contributed by atoms with Crippen LogP contribution in [0.4, 0.5) is 11.4 Å². The molecule has 2 rings (SSSR count). The minimum absolute atomic E-state index is 0.00326. The van der Waals surface area contributed by atoms with Crippen LogP contribution >= 0.6 is 0 Å². The Balaban J connectivity index is 2.35.